The molecule has 1 aromatic heterocycles. The molecule has 0 atom stereocenters. The third-order valence-electron chi connectivity index (χ3n) is 2.77. The summed E-state index contributed by atoms with van der Waals surface area (Å²) in [7, 11) is 0. The Kier molecular flexibility index (Phi) is 4.62. The van der Waals surface area contributed by atoms with Crippen molar-refractivity contribution in [2.45, 2.75) is 47.5 Å². The Hall–Kier alpha value is -1.44. The van der Waals surface area contributed by atoms with E-state index in [9.17, 15) is 0 Å². The highest BCUT2D eigenvalue weighted by Crippen LogP contribution is 2.19. The molecule has 0 unspecified atom stereocenters. The number of aromatic nitrogens is 2. The Bertz CT molecular complexity index is 501. The maximum Gasteiger partial charge on any atom is 0.0893 e. The Labute approximate surface area is 104 Å². The van der Waals surface area contributed by atoms with Gasteiger partial charge in [-0.05, 0) is 37.5 Å². The fourth-order valence-electron chi connectivity index (χ4n) is 1.61. The molecule has 2 heteroatoms. The number of hydrogen-bond acceptors (Lipinski definition) is 2. The minimum atomic E-state index is 0.540. The zero-order valence-electron chi connectivity index (χ0n) is 11.7. The lowest BCUT2D eigenvalue weighted by Crippen LogP contribution is -1.95. The van der Waals surface area contributed by atoms with Crippen molar-refractivity contribution in [2.24, 2.45) is 0 Å². The molecule has 1 heterocycles. The lowest BCUT2D eigenvalue weighted by atomic mass is 10.0. The van der Waals surface area contributed by atoms with Crippen molar-refractivity contribution in [2.75, 3.05) is 0 Å². The number of hydrogen-bond donors (Lipinski definition) is 0. The van der Waals surface area contributed by atoms with Crippen LogP contribution < -0.4 is 0 Å². The Morgan fingerprint density at radius 3 is 1.94 bits per heavy atom. The van der Waals surface area contributed by atoms with Crippen LogP contribution in [0.4, 0.5) is 0 Å². The van der Waals surface area contributed by atoms with Crippen molar-refractivity contribution < 1.29 is 0 Å². The summed E-state index contributed by atoms with van der Waals surface area (Å²) >= 11 is 0. The molecule has 1 aromatic carbocycles. The van der Waals surface area contributed by atoms with Crippen LogP contribution in [0.1, 0.15) is 50.6 Å². The summed E-state index contributed by atoms with van der Waals surface area (Å²) in [5.74, 6) is 0.540. The molecule has 0 N–H and O–H groups in total. The van der Waals surface area contributed by atoms with Gasteiger partial charge in [0.2, 0.25) is 0 Å². The fourth-order valence-corrected chi connectivity index (χ4v) is 1.61. The molecule has 0 amide bonds. The summed E-state index contributed by atoms with van der Waals surface area (Å²) in [6, 6.07) is 6.33. The van der Waals surface area contributed by atoms with Crippen LogP contribution in [-0.4, -0.2) is 9.97 Å². The van der Waals surface area contributed by atoms with E-state index < -0.39 is 0 Å². The summed E-state index contributed by atoms with van der Waals surface area (Å²) in [6.45, 7) is 12.4. The van der Waals surface area contributed by atoms with Gasteiger partial charge >= 0.3 is 0 Å². The number of fused-ring (bicyclic) bond motifs is 1. The standard InChI is InChI=1S/C13H16N2.C2H6/c1-8(2)11-5-6-12-13(7-11)15-10(4)9(3)14-12;1-2/h5-8H,1-4H3;1-2H3. The van der Waals surface area contributed by atoms with E-state index in [0.29, 0.717) is 5.92 Å². The quantitative estimate of drug-likeness (QED) is 0.725. The highest BCUT2D eigenvalue weighted by Gasteiger charge is 2.04. The molecule has 0 radical (unpaired) electrons. The Balaban J connectivity index is 0.000000686. The minimum absolute atomic E-state index is 0.540. The molecule has 2 nitrogen and oxygen atoms in total. The summed E-state index contributed by atoms with van der Waals surface area (Å²) in [5, 5.41) is 0. The van der Waals surface area contributed by atoms with Gasteiger partial charge in [0.05, 0.1) is 22.4 Å². The lowest BCUT2D eigenvalue weighted by molar-refractivity contribution is 0.867. The van der Waals surface area contributed by atoms with Crippen LogP contribution in [0.5, 0.6) is 0 Å². The van der Waals surface area contributed by atoms with Crippen LogP contribution in [-0.2, 0) is 0 Å². The normalized spacial score (nSPS) is 10.3. The van der Waals surface area contributed by atoms with Crippen molar-refractivity contribution in [3.05, 3.63) is 35.2 Å². The Morgan fingerprint density at radius 1 is 0.882 bits per heavy atom. The molecule has 0 spiro atoms. The van der Waals surface area contributed by atoms with E-state index in [4.69, 9.17) is 0 Å². The van der Waals surface area contributed by atoms with Crippen LogP contribution >= 0.6 is 0 Å². The summed E-state index contributed by atoms with van der Waals surface area (Å²) in [5.41, 5.74) is 5.34. The topological polar surface area (TPSA) is 25.8 Å². The van der Waals surface area contributed by atoms with Gasteiger partial charge in [-0.25, -0.2) is 9.97 Å². The van der Waals surface area contributed by atoms with Crippen LogP contribution in [0, 0.1) is 13.8 Å². The highest BCUT2D eigenvalue weighted by atomic mass is 14.8. The summed E-state index contributed by atoms with van der Waals surface area (Å²) in [4.78, 5) is 9.07. The summed E-state index contributed by atoms with van der Waals surface area (Å²) in [6.07, 6.45) is 0. The van der Waals surface area contributed by atoms with E-state index in [1.807, 2.05) is 27.7 Å². The highest BCUT2D eigenvalue weighted by molar-refractivity contribution is 5.75. The number of rotatable bonds is 1. The largest absolute Gasteiger partial charge is 0.250 e. The predicted molar refractivity (Wildman–Crippen MR) is 74.4 cm³/mol. The van der Waals surface area contributed by atoms with Gasteiger partial charge in [-0.15, -0.1) is 0 Å². The average molecular weight is 230 g/mol. The SMILES string of the molecule is CC.Cc1nc2ccc(C(C)C)cc2nc1C. The van der Waals surface area contributed by atoms with Gasteiger partial charge in [-0.1, -0.05) is 33.8 Å². The van der Waals surface area contributed by atoms with Crippen LogP contribution in [0.2, 0.25) is 0 Å². The van der Waals surface area contributed by atoms with Crippen molar-refractivity contribution in [1.82, 2.24) is 9.97 Å². The number of aryl methyl sites for hydroxylation is 2. The van der Waals surface area contributed by atoms with Crippen LogP contribution in [0.25, 0.3) is 11.0 Å². The van der Waals surface area contributed by atoms with Gasteiger partial charge < -0.3 is 0 Å². The maximum atomic E-state index is 4.56. The minimum Gasteiger partial charge on any atom is -0.250 e. The van der Waals surface area contributed by atoms with E-state index in [1.165, 1.54) is 5.56 Å². The van der Waals surface area contributed by atoms with E-state index in [-0.39, 0.29) is 0 Å². The van der Waals surface area contributed by atoms with Gasteiger partial charge in [-0.3, -0.25) is 0 Å². The van der Waals surface area contributed by atoms with Crippen molar-refractivity contribution in [3.63, 3.8) is 0 Å². The second-order valence-corrected chi connectivity index (χ2v) is 4.30. The van der Waals surface area contributed by atoms with E-state index in [2.05, 4.69) is 42.0 Å². The molecule has 2 rings (SSSR count). The first-order valence-electron chi connectivity index (χ1n) is 6.33. The first-order valence-corrected chi connectivity index (χ1v) is 6.33. The maximum absolute atomic E-state index is 4.56. The number of nitrogens with zero attached hydrogens (tertiary/aromatic N) is 2. The first-order chi connectivity index (χ1) is 8.08. The van der Waals surface area contributed by atoms with Gasteiger partial charge in [0.15, 0.2) is 0 Å². The third kappa shape index (κ3) is 3.02. The van der Waals surface area contributed by atoms with Gasteiger partial charge in [0.25, 0.3) is 0 Å². The zero-order valence-corrected chi connectivity index (χ0v) is 11.7. The van der Waals surface area contributed by atoms with Crippen LogP contribution in [0.3, 0.4) is 0 Å². The smallest absolute Gasteiger partial charge is 0.0893 e. The monoisotopic (exact) mass is 230 g/mol. The fraction of sp³-hybridized carbons (Fsp3) is 0.467. The molecule has 0 aliphatic rings. The van der Waals surface area contributed by atoms with Gasteiger partial charge in [0.1, 0.15) is 0 Å². The summed E-state index contributed by atoms with van der Waals surface area (Å²) < 4.78 is 0. The average Bonchev–Trinajstić information content (AvgIpc) is 2.32. The third-order valence-corrected chi connectivity index (χ3v) is 2.77. The molecule has 0 aliphatic carbocycles. The second kappa shape index (κ2) is 5.76. The van der Waals surface area contributed by atoms with E-state index in [0.717, 1.165) is 22.4 Å². The van der Waals surface area contributed by atoms with Crippen molar-refractivity contribution >= 4 is 11.0 Å². The molecular formula is C15H22N2. The molecule has 0 saturated heterocycles. The molecule has 0 aliphatic heterocycles. The molecule has 2 aromatic rings. The second-order valence-electron chi connectivity index (χ2n) is 4.30. The predicted octanol–water partition coefficient (Wildman–Crippen LogP) is 4.40. The lowest BCUT2D eigenvalue weighted by Gasteiger charge is -2.07. The molecule has 0 saturated carbocycles. The van der Waals surface area contributed by atoms with Gasteiger partial charge in [0, 0.05) is 0 Å². The molecule has 92 valence electrons. The van der Waals surface area contributed by atoms with Gasteiger partial charge in [-0.2, -0.15) is 0 Å². The molecule has 0 bridgehead atoms. The van der Waals surface area contributed by atoms with Crippen molar-refractivity contribution in [1.29, 1.82) is 0 Å². The van der Waals surface area contributed by atoms with E-state index in [1.54, 1.807) is 0 Å². The van der Waals surface area contributed by atoms with Crippen LogP contribution in [0.15, 0.2) is 18.2 Å². The first kappa shape index (κ1) is 13.6. The van der Waals surface area contributed by atoms with Crippen molar-refractivity contribution in [3.8, 4) is 0 Å². The molecule has 17 heavy (non-hydrogen) atoms. The molecular weight excluding hydrogens is 208 g/mol. The zero-order chi connectivity index (χ0) is 13.0. The number of benzene rings is 1. The Morgan fingerprint density at radius 2 is 1.41 bits per heavy atom. The molecule has 0 fully saturated rings. The van der Waals surface area contributed by atoms with E-state index >= 15 is 0 Å².